The monoisotopic (exact) mass is 568 g/mol. The van der Waals surface area contributed by atoms with Crippen molar-refractivity contribution >= 4 is 57.8 Å². The van der Waals surface area contributed by atoms with Gasteiger partial charge in [0, 0.05) is 42.1 Å². The van der Waals surface area contributed by atoms with Gasteiger partial charge in [0.05, 0.1) is 36.7 Å². The van der Waals surface area contributed by atoms with E-state index in [0.29, 0.717) is 61.3 Å². The number of primary amides is 1. The fourth-order valence-electron chi connectivity index (χ4n) is 5.68. The molecule has 5 aliphatic heterocycles. The lowest BCUT2D eigenvalue weighted by atomic mass is 9.70. The lowest BCUT2D eigenvalue weighted by Crippen LogP contribution is -2.72. The van der Waals surface area contributed by atoms with Crippen molar-refractivity contribution in [3.63, 3.8) is 0 Å². The van der Waals surface area contributed by atoms with Crippen LogP contribution < -0.4 is 21.9 Å². The number of carbonyl (C=O) groups is 4. The number of aliphatic carboxylic acids is 1. The van der Waals surface area contributed by atoms with Crippen molar-refractivity contribution in [3.05, 3.63) is 17.1 Å². The SMILES string of the molecule is NC(=O)C12CC[N+](CC3=C(C(=O)[O-])N4C(=O)[C@@H](NC(=O)/C(=N\OCF)c5nsc(N)n5)[C@H]4SC3)(CC1)CC2. The van der Waals surface area contributed by atoms with E-state index in [1.807, 2.05) is 0 Å². The quantitative estimate of drug-likeness (QED) is 0.125. The topological polar surface area (TPSA) is 206 Å². The molecule has 0 unspecified atom stereocenters. The van der Waals surface area contributed by atoms with Crippen molar-refractivity contribution < 1.29 is 38.0 Å². The molecular formula is C21H25FN8O6S2. The van der Waals surface area contributed by atoms with Crippen LogP contribution in [0.5, 0.6) is 0 Å². The second kappa shape index (κ2) is 9.77. The highest BCUT2D eigenvalue weighted by molar-refractivity contribution is 8.00. The van der Waals surface area contributed by atoms with Crippen LogP contribution in [-0.4, -0.2) is 98.4 Å². The number of quaternary nitrogens is 1. The van der Waals surface area contributed by atoms with Gasteiger partial charge in [-0.3, -0.25) is 19.3 Å². The number of hydrogen-bond donors (Lipinski definition) is 3. The van der Waals surface area contributed by atoms with E-state index in [9.17, 15) is 28.7 Å². The predicted molar refractivity (Wildman–Crippen MR) is 130 cm³/mol. The number of halogens is 1. The van der Waals surface area contributed by atoms with Crippen molar-refractivity contribution in [2.45, 2.75) is 30.7 Å². The Labute approximate surface area is 224 Å². The summed E-state index contributed by atoms with van der Waals surface area (Å²) in [6, 6.07) is -1.07. The molecule has 0 aromatic carbocycles. The van der Waals surface area contributed by atoms with Gasteiger partial charge in [-0.25, -0.2) is 4.39 Å². The normalized spacial score (nSPS) is 30.5. The lowest BCUT2D eigenvalue weighted by Gasteiger charge is -2.55. The number of carboxylic acid groups (broad SMARTS) is 1. The summed E-state index contributed by atoms with van der Waals surface area (Å²) < 4.78 is 17.0. The van der Waals surface area contributed by atoms with Crippen LogP contribution >= 0.6 is 23.3 Å². The number of carboxylic acids is 1. The van der Waals surface area contributed by atoms with Crippen LogP contribution in [0.4, 0.5) is 9.52 Å². The number of anilines is 1. The molecule has 3 amide bonds. The summed E-state index contributed by atoms with van der Waals surface area (Å²) in [5.74, 6) is -3.16. The summed E-state index contributed by atoms with van der Waals surface area (Å²) in [5, 5.41) is 17.4. The molecule has 5 N–H and O–H groups in total. The Kier molecular flexibility index (Phi) is 6.77. The predicted octanol–water partition coefficient (Wildman–Crippen LogP) is -2.34. The summed E-state index contributed by atoms with van der Waals surface area (Å²) in [7, 11) is 0. The van der Waals surface area contributed by atoms with E-state index >= 15 is 0 Å². The number of carbonyl (C=O) groups excluding carboxylic acids is 4. The van der Waals surface area contributed by atoms with E-state index in [1.165, 1.54) is 11.8 Å². The van der Waals surface area contributed by atoms with Crippen molar-refractivity contribution in [1.29, 1.82) is 0 Å². The molecule has 2 bridgehead atoms. The highest BCUT2D eigenvalue weighted by Crippen LogP contribution is 2.46. The third kappa shape index (κ3) is 4.37. The number of hydrogen-bond acceptors (Lipinski definition) is 12. The molecule has 38 heavy (non-hydrogen) atoms. The van der Waals surface area contributed by atoms with Gasteiger partial charge in [0.25, 0.3) is 18.7 Å². The van der Waals surface area contributed by atoms with E-state index in [-0.39, 0.29) is 22.6 Å². The number of alkyl halides is 1. The van der Waals surface area contributed by atoms with Crippen LogP contribution in [0.25, 0.3) is 0 Å². The first-order valence-corrected chi connectivity index (χ1v) is 13.6. The average molecular weight is 569 g/mol. The van der Waals surface area contributed by atoms with Gasteiger partial charge in [-0.1, -0.05) is 5.16 Å². The molecule has 6 rings (SSSR count). The van der Waals surface area contributed by atoms with Gasteiger partial charge in [0.15, 0.2) is 5.13 Å². The second-order valence-electron chi connectivity index (χ2n) is 9.80. The van der Waals surface area contributed by atoms with Crippen molar-refractivity contribution in [2.75, 3.05) is 44.5 Å². The molecule has 14 nitrogen and oxygen atoms in total. The average Bonchev–Trinajstić information content (AvgIpc) is 3.33. The van der Waals surface area contributed by atoms with Crippen LogP contribution in [-0.2, 0) is 24.0 Å². The maximum Gasteiger partial charge on any atom is 0.278 e. The maximum absolute atomic E-state index is 13.1. The van der Waals surface area contributed by atoms with Crippen molar-refractivity contribution in [3.8, 4) is 0 Å². The molecule has 0 saturated carbocycles. The molecule has 2 atom stereocenters. The third-order valence-electron chi connectivity index (χ3n) is 7.84. The highest BCUT2D eigenvalue weighted by atomic mass is 32.2. The Bertz CT molecular complexity index is 1240. The number of fused-ring (bicyclic) bond motifs is 4. The number of aromatic nitrogens is 2. The first-order chi connectivity index (χ1) is 18.1. The van der Waals surface area contributed by atoms with Crippen LogP contribution in [0.1, 0.15) is 25.1 Å². The number of piperidine rings is 3. The van der Waals surface area contributed by atoms with Gasteiger partial charge < -0.3 is 36.0 Å². The van der Waals surface area contributed by atoms with Gasteiger partial charge in [0.2, 0.25) is 17.4 Å². The molecule has 4 fully saturated rings. The molecular weight excluding hydrogens is 543 g/mol. The Morgan fingerprint density at radius 2 is 1.97 bits per heavy atom. The molecule has 0 radical (unpaired) electrons. The summed E-state index contributed by atoms with van der Waals surface area (Å²) >= 11 is 2.11. The molecule has 0 aliphatic carbocycles. The lowest BCUT2D eigenvalue weighted by molar-refractivity contribution is -0.940. The molecule has 1 aromatic rings. The summed E-state index contributed by atoms with van der Waals surface area (Å²) in [6.07, 6.45) is 1.95. The van der Waals surface area contributed by atoms with Crippen molar-refractivity contribution in [1.82, 2.24) is 19.6 Å². The number of β-lactam (4-membered cyclic amide) rings is 1. The minimum Gasteiger partial charge on any atom is -0.543 e. The first kappa shape index (κ1) is 26.3. The van der Waals surface area contributed by atoms with E-state index in [0.717, 1.165) is 16.4 Å². The molecule has 0 spiro atoms. The number of nitrogens with two attached hydrogens (primary N) is 2. The van der Waals surface area contributed by atoms with E-state index in [1.54, 1.807) is 0 Å². The minimum absolute atomic E-state index is 0.0415. The van der Waals surface area contributed by atoms with Crippen LogP contribution in [0, 0.1) is 5.41 Å². The molecule has 204 valence electrons. The van der Waals surface area contributed by atoms with Crippen LogP contribution in [0.15, 0.2) is 16.4 Å². The van der Waals surface area contributed by atoms with E-state index in [2.05, 4.69) is 24.7 Å². The molecule has 6 heterocycles. The Hall–Kier alpha value is -3.31. The van der Waals surface area contributed by atoms with Crippen LogP contribution in [0.3, 0.4) is 0 Å². The fraction of sp³-hybridized carbons (Fsp3) is 0.571. The van der Waals surface area contributed by atoms with E-state index < -0.39 is 47.2 Å². The number of nitrogens with one attached hydrogen (secondary N) is 1. The van der Waals surface area contributed by atoms with Gasteiger partial charge >= 0.3 is 0 Å². The van der Waals surface area contributed by atoms with Crippen LogP contribution in [0.2, 0.25) is 0 Å². The maximum atomic E-state index is 13.1. The molecule has 17 heteroatoms. The van der Waals surface area contributed by atoms with Gasteiger partial charge in [-0.15, -0.1) is 11.8 Å². The third-order valence-corrected chi connectivity index (χ3v) is 9.73. The zero-order valence-electron chi connectivity index (χ0n) is 20.1. The number of oxime groups is 1. The minimum atomic E-state index is -1.47. The zero-order chi connectivity index (χ0) is 27.2. The summed E-state index contributed by atoms with van der Waals surface area (Å²) in [5.41, 5.74) is 10.6. The van der Waals surface area contributed by atoms with E-state index in [4.69, 9.17) is 11.5 Å². The second-order valence-corrected chi connectivity index (χ2v) is 11.7. The van der Waals surface area contributed by atoms with Gasteiger partial charge in [0.1, 0.15) is 18.0 Å². The Morgan fingerprint density at radius 3 is 2.53 bits per heavy atom. The first-order valence-electron chi connectivity index (χ1n) is 11.8. The number of nitrogen functional groups attached to an aromatic ring is 1. The largest absolute Gasteiger partial charge is 0.543 e. The summed E-state index contributed by atoms with van der Waals surface area (Å²) in [6.45, 7) is 1.22. The zero-order valence-corrected chi connectivity index (χ0v) is 21.7. The number of amides is 3. The number of nitrogens with zero attached hydrogens (tertiary/aromatic N) is 5. The van der Waals surface area contributed by atoms with Crippen molar-refractivity contribution in [2.24, 2.45) is 16.3 Å². The Balaban J connectivity index is 1.32. The fourth-order valence-corrected chi connectivity index (χ4v) is 7.45. The number of rotatable bonds is 9. The van der Waals surface area contributed by atoms with Gasteiger partial charge in [-0.05, 0) is 0 Å². The standard InChI is InChI=1S/C21H25FN8O6S2/c22-9-36-27-11(14-26-20(24)38-28-14)15(31)25-12-16(32)29-13(18(33)34)10(8-37-17(12)29)7-30-4-1-21(2-5-30,3-6-30)19(23)35/h12,17H,1-9H2,(H5-,23,24,25,26,28,31,33,34,35)/b27-11-/t12-,17-,21?,30?/m1/s1. The summed E-state index contributed by atoms with van der Waals surface area (Å²) in [4.78, 5) is 59.4. The number of thioether (sulfide) groups is 1. The Morgan fingerprint density at radius 1 is 1.29 bits per heavy atom. The molecule has 4 saturated heterocycles. The van der Waals surface area contributed by atoms with Gasteiger partial charge in [-0.2, -0.15) is 9.36 Å². The molecule has 5 aliphatic rings. The smallest absolute Gasteiger partial charge is 0.278 e. The highest BCUT2D eigenvalue weighted by Gasteiger charge is 2.56. The molecule has 1 aromatic heterocycles.